The van der Waals surface area contributed by atoms with Crippen LogP contribution < -0.4 is 21.7 Å². The van der Waals surface area contributed by atoms with Crippen molar-refractivity contribution in [3.8, 4) is 0 Å². The molecule has 1 aromatic carbocycles. The number of carbonyl (C=O) groups is 4. The zero-order chi connectivity index (χ0) is 30.1. The summed E-state index contributed by atoms with van der Waals surface area (Å²) in [6, 6.07) is 3.45. The average molecular weight is 568 g/mol. The van der Waals surface area contributed by atoms with Gasteiger partial charge < -0.3 is 36.8 Å². The molecule has 41 heavy (non-hydrogen) atoms. The number of rotatable bonds is 15. The number of amides is 3. The van der Waals surface area contributed by atoms with E-state index in [4.69, 9.17) is 5.73 Å². The Balaban J connectivity index is 1.83. The number of H-pyrrole nitrogens is 2. The molecule has 0 saturated heterocycles. The maximum absolute atomic E-state index is 13.6. The summed E-state index contributed by atoms with van der Waals surface area (Å²) in [5, 5.41) is 18.8. The predicted molar refractivity (Wildman–Crippen MR) is 155 cm³/mol. The van der Waals surface area contributed by atoms with Crippen molar-refractivity contribution in [1.82, 2.24) is 30.9 Å². The summed E-state index contributed by atoms with van der Waals surface area (Å²) in [5.41, 5.74) is 8.42. The normalized spacial score (nSPS) is 15.1. The number of carbonyl (C=O) groups excluding carboxylic acids is 3. The second kappa shape index (κ2) is 14.4. The molecular formula is C29H41N7O5. The van der Waals surface area contributed by atoms with Crippen molar-refractivity contribution in [3.05, 3.63) is 54.2 Å². The molecule has 0 aliphatic rings. The number of hydrogen-bond acceptors (Lipinski definition) is 6. The highest BCUT2D eigenvalue weighted by molar-refractivity contribution is 5.95. The number of aromatic nitrogens is 3. The number of aromatic amines is 2. The number of fused-ring (bicyclic) bond motifs is 1. The number of carboxylic acid groups (broad SMARTS) is 1. The summed E-state index contributed by atoms with van der Waals surface area (Å²) in [6.45, 7) is 7.41. The minimum Gasteiger partial charge on any atom is -0.480 e. The highest BCUT2D eigenvalue weighted by Crippen LogP contribution is 2.20. The van der Waals surface area contributed by atoms with Gasteiger partial charge >= 0.3 is 5.97 Å². The Bertz CT molecular complexity index is 1320. The molecule has 2 aromatic heterocycles. The maximum Gasteiger partial charge on any atom is 0.326 e. The summed E-state index contributed by atoms with van der Waals surface area (Å²) < 4.78 is 0. The van der Waals surface area contributed by atoms with Gasteiger partial charge in [0.15, 0.2) is 0 Å². The maximum atomic E-state index is 13.6. The first kappa shape index (κ1) is 31.3. The number of para-hydroxylation sites is 1. The van der Waals surface area contributed by atoms with Crippen molar-refractivity contribution < 1.29 is 24.3 Å². The van der Waals surface area contributed by atoms with Crippen molar-refractivity contribution in [2.75, 3.05) is 0 Å². The van der Waals surface area contributed by atoms with Crippen LogP contribution in [0.25, 0.3) is 10.9 Å². The van der Waals surface area contributed by atoms with Gasteiger partial charge in [0.25, 0.3) is 0 Å². The van der Waals surface area contributed by atoms with Crippen molar-refractivity contribution in [3.63, 3.8) is 0 Å². The van der Waals surface area contributed by atoms with Crippen molar-refractivity contribution in [2.45, 2.75) is 77.5 Å². The van der Waals surface area contributed by atoms with E-state index in [-0.39, 0.29) is 24.7 Å². The van der Waals surface area contributed by atoms with E-state index in [0.29, 0.717) is 18.5 Å². The minimum atomic E-state index is -1.15. The Hall–Kier alpha value is -4.19. The van der Waals surface area contributed by atoms with E-state index in [2.05, 4.69) is 30.9 Å². The van der Waals surface area contributed by atoms with Crippen LogP contribution in [0.15, 0.2) is 43.0 Å². The molecule has 12 heteroatoms. The summed E-state index contributed by atoms with van der Waals surface area (Å²) in [4.78, 5) is 61.9. The molecule has 2 heterocycles. The van der Waals surface area contributed by atoms with Crippen LogP contribution in [-0.4, -0.2) is 67.9 Å². The monoisotopic (exact) mass is 567 g/mol. The molecule has 3 aromatic rings. The molecule has 5 atom stereocenters. The number of carboxylic acids is 1. The van der Waals surface area contributed by atoms with Crippen LogP contribution in [-0.2, 0) is 32.0 Å². The van der Waals surface area contributed by atoms with E-state index in [0.717, 1.165) is 16.5 Å². The molecule has 0 spiro atoms. The number of imidazole rings is 1. The lowest BCUT2D eigenvalue weighted by molar-refractivity contribution is -0.143. The van der Waals surface area contributed by atoms with Gasteiger partial charge in [-0.3, -0.25) is 14.4 Å². The van der Waals surface area contributed by atoms with Crippen LogP contribution in [0, 0.1) is 11.8 Å². The number of nitrogens with two attached hydrogens (primary N) is 1. The van der Waals surface area contributed by atoms with Crippen LogP contribution in [0.2, 0.25) is 0 Å². The first-order valence-corrected chi connectivity index (χ1v) is 13.9. The quantitative estimate of drug-likeness (QED) is 0.145. The molecule has 0 fully saturated rings. The molecule has 0 radical (unpaired) electrons. The van der Waals surface area contributed by atoms with Gasteiger partial charge in [-0.2, -0.15) is 0 Å². The van der Waals surface area contributed by atoms with Crippen LogP contribution in [0.4, 0.5) is 0 Å². The van der Waals surface area contributed by atoms with Crippen LogP contribution in [0.1, 0.15) is 51.8 Å². The summed E-state index contributed by atoms with van der Waals surface area (Å²) in [7, 11) is 0. The zero-order valence-electron chi connectivity index (χ0n) is 23.9. The summed E-state index contributed by atoms with van der Waals surface area (Å²) in [5.74, 6) is -3.14. The Morgan fingerprint density at radius 2 is 1.63 bits per heavy atom. The molecular weight excluding hydrogens is 526 g/mol. The zero-order valence-corrected chi connectivity index (χ0v) is 23.9. The van der Waals surface area contributed by atoms with Gasteiger partial charge in [0.2, 0.25) is 17.7 Å². The topological polar surface area (TPSA) is 195 Å². The summed E-state index contributed by atoms with van der Waals surface area (Å²) in [6.07, 6.45) is 5.99. The van der Waals surface area contributed by atoms with E-state index in [1.807, 2.05) is 45.0 Å². The Labute approximate surface area is 239 Å². The Morgan fingerprint density at radius 1 is 0.951 bits per heavy atom. The third-order valence-corrected chi connectivity index (χ3v) is 7.18. The molecule has 3 amide bonds. The van der Waals surface area contributed by atoms with E-state index in [9.17, 15) is 24.3 Å². The number of nitrogens with zero attached hydrogens (tertiary/aromatic N) is 1. The Kier molecular flexibility index (Phi) is 11.0. The minimum absolute atomic E-state index is 0.0394. The Morgan fingerprint density at radius 3 is 2.27 bits per heavy atom. The average Bonchev–Trinajstić information content (AvgIpc) is 3.60. The smallest absolute Gasteiger partial charge is 0.326 e. The lowest BCUT2D eigenvalue weighted by Gasteiger charge is -2.27. The van der Waals surface area contributed by atoms with Crippen LogP contribution in [0.5, 0.6) is 0 Å². The lowest BCUT2D eigenvalue weighted by Crippen LogP contribution is -2.58. The number of aliphatic carboxylic acids is 1. The highest BCUT2D eigenvalue weighted by atomic mass is 16.4. The third kappa shape index (κ3) is 8.65. The molecule has 3 rings (SSSR count). The van der Waals surface area contributed by atoms with Gasteiger partial charge in [0, 0.05) is 41.8 Å². The molecule has 0 saturated carbocycles. The third-order valence-electron chi connectivity index (χ3n) is 7.18. The van der Waals surface area contributed by atoms with Gasteiger partial charge in [-0.1, -0.05) is 52.3 Å². The van der Waals surface area contributed by atoms with E-state index >= 15 is 0 Å². The van der Waals surface area contributed by atoms with Gasteiger partial charge in [0.1, 0.15) is 18.1 Å². The number of benzene rings is 1. The van der Waals surface area contributed by atoms with Crippen molar-refractivity contribution in [2.24, 2.45) is 17.6 Å². The van der Waals surface area contributed by atoms with Gasteiger partial charge in [-0.25, -0.2) is 9.78 Å². The number of nitrogens with one attached hydrogen (secondary N) is 5. The fraction of sp³-hybridized carbons (Fsp3) is 0.483. The standard InChI is InChI=1S/C29H41N7O5/c1-5-17(4)25(29(40)41)36-28(39)24(11-18-13-32-22-9-7-6-8-20(18)22)35-27(38)23(10-16(2)3)34-26(37)21(30)12-19-14-31-15-33-19/h6-9,13-17,21,23-25,32H,5,10-12,30H2,1-4H3,(H,31,33)(H,34,37)(H,35,38)(H,36,39)(H,40,41). The summed E-state index contributed by atoms with van der Waals surface area (Å²) >= 11 is 0. The second-order valence-electron chi connectivity index (χ2n) is 10.9. The van der Waals surface area contributed by atoms with Crippen LogP contribution in [0.3, 0.4) is 0 Å². The fourth-order valence-electron chi connectivity index (χ4n) is 4.65. The fourth-order valence-corrected chi connectivity index (χ4v) is 4.65. The molecule has 222 valence electrons. The van der Waals surface area contributed by atoms with E-state index < -0.39 is 47.9 Å². The lowest BCUT2D eigenvalue weighted by atomic mass is 9.97. The predicted octanol–water partition coefficient (Wildman–Crippen LogP) is 1.63. The molecule has 8 N–H and O–H groups in total. The highest BCUT2D eigenvalue weighted by Gasteiger charge is 2.32. The molecule has 12 nitrogen and oxygen atoms in total. The largest absolute Gasteiger partial charge is 0.480 e. The van der Waals surface area contributed by atoms with Gasteiger partial charge in [-0.05, 0) is 29.9 Å². The van der Waals surface area contributed by atoms with E-state index in [1.54, 1.807) is 19.3 Å². The van der Waals surface area contributed by atoms with Crippen molar-refractivity contribution in [1.29, 1.82) is 0 Å². The SMILES string of the molecule is CCC(C)C(NC(=O)C(Cc1c[nH]c2ccccc12)NC(=O)C(CC(C)C)NC(=O)C(N)Cc1cnc[nH]1)C(=O)O. The number of hydrogen-bond donors (Lipinski definition) is 7. The second-order valence-corrected chi connectivity index (χ2v) is 10.9. The molecule has 0 bridgehead atoms. The van der Waals surface area contributed by atoms with E-state index in [1.165, 1.54) is 6.33 Å². The van der Waals surface area contributed by atoms with Gasteiger partial charge in [-0.15, -0.1) is 0 Å². The molecule has 0 aliphatic heterocycles. The van der Waals surface area contributed by atoms with Gasteiger partial charge in [0.05, 0.1) is 12.4 Å². The molecule has 5 unspecified atom stereocenters. The first-order valence-electron chi connectivity index (χ1n) is 13.9. The van der Waals surface area contributed by atoms with Crippen LogP contribution >= 0.6 is 0 Å². The molecule has 0 aliphatic carbocycles. The van der Waals surface area contributed by atoms with Crippen molar-refractivity contribution >= 4 is 34.6 Å². The first-order chi connectivity index (χ1) is 19.5.